The third-order valence-electron chi connectivity index (χ3n) is 7.81. The minimum absolute atomic E-state index is 0. The molecule has 0 bridgehead atoms. The van der Waals surface area contributed by atoms with Crippen LogP contribution in [0.15, 0.2) is 12.7 Å². The number of carbonyl (C=O) groups excluding carboxylic acids is 3. The Morgan fingerprint density at radius 2 is 1.60 bits per heavy atom. The normalized spacial score (nSPS) is 20.6. The van der Waals surface area contributed by atoms with Crippen molar-refractivity contribution in [3.63, 3.8) is 0 Å². The zero-order valence-corrected chi connectivity index (χ0v) is 41.7. The number of aliphatic hydroxyl groups excluding tert-OH is 2. The first-order valence-corrected chi connectivity index (χ1v) is 22.0. The molecule has 36 heteroatoms. The molecule has 3 rings (SSSR count). The van der Waals surface area contributed by atoms with Gasteiger partial charge in [0.1, 0.15) is 36.3 Å². The molecule has 1 aliphatic rings. The van der Waals surface area contributed by atoms with Gasteiger partial charge in [-0.15, -0.1) is 0 Å². The Hall–Kier alpha value is -1.13. The molecule has 16 N–H and O–H groups in total. The summed E-state index contributed by atoms with van der Waals surface area (Å²) < 4.78 is 61.3. The summed E-state index contributed by atoms with van der Waals surface area (Å²) in [6, 6.07) is 0. The van der Waals surface area contributed by atoms with E-state index < -0.39 is 114 Å². The van der Waals surface area contributed by atoms with Gasteiger partial charge >= 0.3 is 80.7 Å². The number of hydrogen-bond donors (Lipinski definition) is 9. The van der Waals surface area contributed by atoms with E-state index in [2.05, 4.69) is 38.9 Å². The Kier molecular flexibility index (Phi) is 29.0. The maximum Gasteiger partial charge on any atom is 1.00 e. The number of fused-ring (bicyclic) bond motifs is 1. The molecular weight excluding hydrogens is 961 g/mol. The summed E-state index contributed by atoms with van der Waals surface area (Å²) in [6.45, 7) is 1.19. The monoisotopic (exact) mass is 1010 g/mol. The number of aliphatic hydroxyl groups is 3. The molecule has 2 aromatic heterocycles. The number of nitrogen functional groups attached to an aromatic ring is 1. The van der Waals surface area contributed by atoms with Crippen LogP contribution in [0.1, 0.15) is 46.3 Å². The molecular formula is C27H48N7Na2O23P3S. The summed E-state index contributed by atoms with van der Waals surface area (Å²) in [5.41, 5.74) is 2.35. The van der Waals surface area contributed by atoms with Crippen LogP contribution in [0.5, 0.6) is 0 Å². The second-order valence-corrected chi connectivity index (χ2v) is 18.8. The molecule has 1 fully saturated rings. The average molecular weight is 1010 g/mol. The number of carboxylic acid groups (broad SMARTS) is 1. The van der Waals surface area contributed by atoms with Crippen LogP contribution >= 0.6 is 35.2 Å². The van der Waals surface area contributed by atoms with Crippen LogP contribution in [0.2, 0.25) is 0 Å². The van der Waals surface area contributed by atoms with Crippen molar-refractivity contribution in [2.45, 2.75) is 76.3 Å². The second-order valence-electron chi connectivity index (χ2n) is 13.5. The number of carbonyl (C=O) groups is 4. The van der Waals surface area contributed by atoms with Crippen LogP contribution in [-0.4, -0.2) is 151 Å². The van der Waals surface area contributed by atoms with E-state index >= 15 is 0 Å². The molecule has 2 amide bonds. The Bertz CT molecular complexity index is 1970. The number of phosphoric acid groups is 3. The summed E-state index contributed by atoms with van der Waals surface area (Å²) in [6.07, 6.45) is -8.63. The van der Waals surface area contributed by atoms with E-state index in [1.54, 1.807) is 0 Å². The van der Waals surface area contributed by atoms with Crippen molar-refractivity contribution in [1.82, 2.24) is 30.2 Å². The smallest absolute Gasteiger partial charge is 0.790 e. The number of rotatable bonds is 23. The fourth-order valence-corrected chi connectivity index (χ4v) is 8.69. The zero-order valence-electron chi connectivity index (χ0n) is 34.2. The minimum Gasteiger partial charge on any atom is -0.790 e. The fraction of sp³-hybridized carbons (Fsp3) is 0.667. The van der Waals surface area contributed by atoms with E-state index in [4.69, 9.17) is 20.1 Å². The van der Waals surface area contributed by atoms with Gasteiger partial charge in [-0.2, -0.15) is 4.31 Å². The number of aromatic nitrogens is 4. The van der Waals surface area contributed by atoms with E-state index in [0.717, 1.165) is 29.0 Å². The van der Waals surface area contributed by atoms with Crippen LogP contribution < -0.4 is 85.3 Å². The van der Waals surface area contributed by atoms with Crippen molar-refractivity contribution in [1.29, 1.82) is 0 Å². The van der Waals surface area contributed by atoms with E-state index in [1.807, 2.05) is 0 Å². The largest absolute Gasteiger partial charge is 1.00 e. The Morgan fingerprint density at radius 1 is 1.00 bits per heavy atom. The van der Waals surface area contributed by atoms with Gasteiger partial charge in [-0.1, -0.05) is 25.6 Å². The van der Waals surface area contributed by atoms with Gasteiger partial charge in [0, 0.05) is 37.1 Å². The Labute approximate surface area is 405 Å². The van der Waals surface area contributed by atoms with Crippen molar-refractivity contribution in [2.24, 2.45) is 5.41 Å². The van der Waals surface area contributed by atoms with Gasteiger partial charge in [0.05, 0.1) is 39.4 Å². The maximum atomic E-state index is 12.6. The van der Waals surface area contributed by atoms with E-state index in [-0.39, 0.29) is 118 Å². The first-order chi connectivity index (χ1) is 26.6. The Balaban J connectivity index is -0.00000720. The predicted molar refractivity (Wildman–Crippen MR) is 201 cm³/mol. The van der Waals surface area contributed by atoms with Crippen molar-refractivity contribution in [3.8, 4) is 0 Å². The van der Waals surface area contributed by atoms with Crippen LogP contribution in [0.3, 0.4) is 0 Å². The fourth-order valence-electron chi connectivity index (χ4n) is 5.04. The number of ether oxygens (including phenoxy) is 1. The van der Waals surface area contributed by atoms with E-state index in [9.17, 15) is 67.8 Å². The number of nitrogens with one attached hydrogen (secondary N) is 2. The SMILES string of the molecule is CC(O)(CC(=O)O)CC(=O)SCCNC(=O)CCNC(=O)[C@@H](O)C(C)(C)COP(=O)(O)OP(=O)(O)OC[C@H]1O[C@@H](n2cnc3c(N)ncnc32)[C@H](O)[C@@H]1OP(=O)([O-])[O-].O.O.O.[Na+].[Na+]. The van der Waals surface area contributed by atoms with Crippen molar-refractivity contribution >= 4 is 75.1 Å². The molecule has 0 aliphatic carbocycles. The number of imidazole rings is 1. The van der Waals surface area contributed by atoms with Gasteiger partial charge in [-0.25, -0.2) is 24.1 Å². The minimum atomic E-state index is -5.84. The average Bonchev–Trinajstić information content (AvgIpc) is 3.63. The van der Waals surface area contributed by atoms with Gasteiger partial charge in [-0.3, -0.25) is 32.8 Å². The van der Waals surface area contributed by atoms with Crippen LogP contribution in [-0.2, 0) is 55.5 Å². The molecule has 0 aromatic carbocycles. The molecule has 8 atom stereocenters. The summed E-state index contributed by atoms with van der Waals surface area (Å²) in [4.78, 5) is 102. The van der Waals surface area contributed by atoms with Crippen LogP contribution in [0.4, 0.5) is 5.82 Å². The molecule has 30 nitrogen and oxygen atoms in total. The number of carboxylic acids is 1. The molecule has 0 saturated carbocycles. The molecule has 2 aromatic rings. The molecule has 0 spiro atoms. The van der Waals surface area contributed by atoms with E-state index in [0.29, 0.717) is 0 Å². The van der Waals surface area contributed by atoms with Crippen LogP contribution in [0, 0.1) is 5.41 Å². The summed E-state index contributed by atoms with van der Waals surface area (Å²) in [7, 11) is -17.0. The topological polar surface area (TPSA) is 521 Å². The molecule has 63 heavy (non-hydrogen) atoms. The standard InChI is InChI=1S/C27H44N7O20P3S.2Na.3H2O/c1-26(2,21(40)24(41)30-5-4-15(35)29-6-7-58-17(38)9-27(3,42)8-16(36)37)11-51-57(48,49)54-56(46,47)50-10-14-20(53-55(43,44)45)19(39)25(52-14)34-13-33-18-22(28)31-12-32-23(18)34;;;;;/h12-14,19-21,25,39-40,42H,4-11H2,1-3H3,(H,29,35)(H,30,41)(H,36,37)(H,46,47)(H,48,49)(H2,28,31,32)(H2,43,44,45);;;3*1H2/q;2*+1;;;/p-2/t14-,19-,20-,21-,25-,27?;;;;;/m1...../s1. The molecule has 1 saturated heterocycles. The van der Waals surface area contributed by atoms with Crippen molar-refractivity contribution in [2.75, 3.05) is 37.8 Å². The summed E-state index contributed by atoms with van der Waals surface area (Å²) in [5.74, 6) is -2.85. The van der Waals surface area contributed by atoms with Crippen LogP contribution in [0.25, 0.3) is 11.2 Å². The van der Waals surface area contributed by atoms with Crippen molar-refractivity contribution < 1.29 is 171 Å². The third-order valence-corrected chi connectivity index (χ3v) is 11.8. The number of aliphatic carboxylic acids is 1. The van der Waals surface area contributed by atoms with E-state index in [1.165, 1.54) is 20.8 Å². The molecule has 0 radical (unpaired) electrons. The molecule has 352 valence electrons. The number of thioether (sulfide) groups is 1. The molecule has 3 heterocycles. The number of nitrogens with zero attached hydrogens (tertiary/aromatic N) is 4. The van der Waals surface area contributed by atoms with Gasteiger partial charge in [-0.05, 0) is 6.92 Å². The van der Waals surface area contributed by atoms with Crippen molar-refractivity contribution in [3.05, 3.63) is 12.7 Å². The van der Waals surface area contributed by atoms with Gasteiger partial charge in [0.25, 0.3) is 0 Å². The maximum absolute atomic E-state index is 12.6. The van der Waals surface area contributed by atoms with Gasteiger partial charge in [0.2, 0.25) is 11.8 Å². The third kappa shape index (κ3) is 21.6. The van der Waals surface area contributed by atoms with Gasteiger partial charge < -0.3 is 86.6 Å². The zero-order chi connectivity index (χ0) is 43.9. The first kappa shape index (κ1) is 66.1. The number of hydrogen-bond acceptors (Lipinski definition) is 22. The van der Waals surface area contributed by atoms with Gasteiger partial charge in [0.15, 0.2) is 22.8 Å². The summed E-state index contributed by atoms with van der Waals surface area (Å²) >= 11 is 0.767. The number of amides is 2. The quantitative estimate of drug-likeness (QED) is 0.0283. The number of phosphoric ester groups is 3. The second kappa shape index (κ2) is 27.6. The number of anilines is 1. The Morgan fingerprint density at radius 3 is 2.19 bits per heavy atom. The first-order valence-electron chi connectivity index (χ1n) is 16.6. The number of nitrogens with two attached hydrogens (primary N) is 1. The molecule has 3 unspecified atom stereocenters. The molecule has 1 aliphatic heterocycles. The predicted octanol–water partition coefficient (Wildman–Crippen LogP) is -11.4. The summed E-state index contributed by atoms with van der Waals surface area (Å²) in [5, 5.41) is 44.3.